The number of benzene rings is 2. The highest BCUT2D eigenvalue weighted by Crippen LogP contribution is 2.32. The van der Waals surface area contributed by atoms with Crippen molar-refractivity contribution in [3.05, 3.63) is 59.4 Å². The summed E-state index contributed by atoms with van der Waals surface area (Å²) < 4.78 is 25.5. The molecule has 3 atom stereocenters. The molecule has 2 aliphatic heterocycles. The molecule has 2 aromatic carbocycles. The SMILES string of the molecule is CCCC(=O)Nc1ccc2c(c1)C(=O)N(C)[C@@H]1CC[C@H](CC(=O)NCc3cccc(F)c3)O[C@H]1CO2. The topological polar surface area (TPSA) is 97.0 Å². The highest BCUT2D eigenvalue weighted by Gasteiger charge is 2.39. The molecule has 0 bridgehead atoms. The molecule has 9 heteroatoms. The lowest BCUT2D eigenvalue weighted by Gasteiger charge is -2.42. The van der Waals surface area contributed by atoms with Crippen molar-refractivity contribution < 1.29 is 28.2 Å². The summed E-state index contributed by atoms with van der Waals surface area (Å²) in [6.07, 6.45) is 1.92. The Morgan fingerprint density at radius 1 is 1.14 bits per heavy atom. The van der Waals surface area contributed by atoms with Gasteiger partial charge in [-0.25, -0.2) is 4.39 Å². The van der Waals surface area contributed by atoms with Crippen LogP contribution in [0.3, 0.4) is 0 Å². The van der Waals surface area contributed by atoms with E-state index in [4.69, 9.17) is 9.47 Å². The lowest BCUT2D eigenvalue weighted by atomic mass is 9.94. The minimum absolute atomic E-state index is 0.100. The molecule has 2 aromatic rings. The standard InChI is InChI=1S/C27H32FN3O5/c1-3-5-25(32)30-19-8-11-23-21(13-19)27(34)31(2)22-10-9-20(36-24(22)16-35-23)14-26(33)29-15-17-6-4-7-18(28)12-17/h4,6-8,11-13,20,22,24H,3,5,9-10,14-16H2,1-2H3,(H,29,33)(H,30,32)/t20-,22-,24+/m1/s1. The summed E-state index contributed by atoms with van der Waals surface area (Å²) in [6, 6.07) is 11.0. The van der Waals surface area contributed by atoms with E-state index in [1.165, 1.54) is 12.1 Å². The fourth-order valence-corrected chi connectivity index (χ4v) is 4.68. The number of nitrogens with one attached hydrogen (secondary N) is 2. The maximum atomic E-state index is 13.3. The average Bonchev–Trinajstić information content (AvgIpc) is 2.85. The smallest absolute Gasteiger partial charge is 0.257 e. The van der Waals surface area contributed by atoms with Crippen LogP contribution in [0.4, 0.5) is 10.1 Å². The number of halogens is 1. The first kappa shape index (κ1) is 25.6. The predicted molar refractivity (Wildman–Crippen MR) is 132 cm³/mol. The molecule has 36 heavy (non-hydrogen) atoms. The van der Waals surface area contributed by atoms with Gasteiger partial charge in [0.15, 0.2) is 0 Å². The molecule has 2 heterocycles. The van der Waals surface area contributed by atoms with Gasteiger partial charge >= 0.3 is 0 Å². The van der Waals surface area contributed by atoms with Crippen LogP contribution in [0.2, 0.25) is 0 Å². The summed E-state index contributed by atoms with van der Waals surface area (Å²) in [5.41, 5.74) is 1.64. The Balaban J connectivity index is 1.37. The third-order valence-electron chi connectivity index (χ3n) is 6.56. The van der Waals surface area contributed by atoms with Crippen molar-refractivity contribution in [3.8, 4) is 5.75 Å². The zero-order valence-electron chi connectivity index (χ0n) is 20.6. The van der Waals surface area contributed by atoms with E-state index >= 15 is 0 Å². The molecular weight excluding hydrogens is 465 g/mol. The van der Waals surface area contributed by atoms with Crippen LogP contribution in [-0.2, 0) is 20.9 Å². The van der Waals surface area contributed by atoms with Crippen molar-refractivity contribution in [2.75, 3.05) is 19.0 Å². The Hall–Kier alpha value is -3.46. The van der Waals surface area contributed by atoms with Crippen LogP contribution in [0.5, 0.6) is 5.75 Å². The number of rotatable bonds is 7. The summed E-state index contributed by atoms with van der Waals surface area (Å²) in [5, 5.41) is 5.63. The molecule has 2 aliphatic rings. The van der Waals surface area contributed by atoms with Crippen molar-refractivity contribution >= 4 is 23.4 Å². The number of fused-ring (bicyclic) bond motifs is 2. The van der Waals surface area contributed by atoms with Crippen LogP contribution in [-0.4, -0.2) is 54.5 Å². The summed E-state index contributed by atoms with van der Waals surface area (Å²) >= 11 is 0. The molecule has 0 unspecified atom stereocenters. The first-order valence-corrected chi connectivity index (χ1v) is 12.3. The summed E-state index contributed by atoms with van der Waals surface area (Å²) in [4.78, 5) is 39.4. The van der Waals surface area contributed by atoms with Crippen molar-refractivity contribution in [2.24, 2.45) is 0 Å². The number of anilines is 1. The fraction of sp³-hybridized carbons (Fsp3) is 0.444. The van der Waals surface area contributed by atoms with Gasteiger partial charge in [-0.2, -0.15) is 0 Å². The Labute approximate surface area is 210 Å². The van der Waals surface area contributed by atoms with Crippen molar-refractivity contribution in [1.29, 1.82) is 0 Å². The number of likely N-dealkylation sites (N-methyl/N-ethyl adjacent to an activating group) is 1. The highest BCUT2D eigenvalue weighted by molar-refractivity contribution is 5.99. The second-order valence-corrected chi connectivity index (χ2v) is 9.29. The maximum absolute atomic E-state index is 13.3. The van der Waals surface area contributed by atoms with Crippen LogP contribution in [0.25, 0.3) is 0 Å². The number of nitrogens with zero attached hydrogens (tertiary/aromatic N) is 1. The van der Waals surface area contributed by atoms with Gasteiger partial charge in [-0.05, 0) is 55.2 Å². The number of hydrogen-bond donors (Lipinski definition) is 2. The predicted octanol–water partition coefficient (Wildman–Crippen LogP) is 3.65. The molecule has 0 radical (unpaired) electrons. The van der Waals surface area contributed by atoms with E-state index in [0.29, 0.717) is 41.8 Å². The molecule has 2 N–H and O–H groups in total. The summed E-state index contributed by atoms with van der Waals surface area (Å²) in [7, 11) is 1.74. The highest BCUT2D eigenvalue weighted by atomic mass is 19.1. The van der Waals surface area contributed by atoms with Crippen LogP contribution in [0.1, 0.15) is 54.9 Å². The lowest BCUT2D eigenvalue weighted by molar-refractivity contribution is -0.134. The van der Waals surface area contributed by atoms with Gasteiger partial charge in [0.05, 0.1) is 24.1 Å². The monoisotopic (exact) mass is 497 g/mol. The van der Waals surface area contributed by atoms with E-state index in [9.17, 15) is 18.8 Å². The minimum atomic E-state index is -0.384. The van der Waals surface area contributed by atoms with Crippen molar-refractivity contribution in [1.82, 2.24) is 10.2 Å². The van der Waals surface area contributed by atoms with Crippen LogP contribution in [0.15, 0.2) is 42.5 Å². The fourth-order valence-electron chi connectivity index (χ4n) is 4.68. The first-order chi connectivity index (χ1) is 17.3. The molecular formula is C27H32FN3O5. The number of hydrogen-bond acceptors (Lipinski definition) is 5. The van der Waals surface area contributed by atoms with E-state index < -0.39 is 0 Å². The molecule has 0 saturated carbocycles. The van der Waals surface area contributed by atoms with Crippen LogP contribution < -0.4 is 15.4 Å². The molecule has 1 saturated heterocycles. The van der Waals surface area contributed by atoms with Gasteiger partial charge in [0.2, 0.25) is 11.8 Å². The zero-order chi connectivity index (χ0) is 25.7. The van der Waals surface area contributed by atoms with E-state index in [1.54, 1.807) is 42.3 Å². The molecule has 0 spiro atoms. The third-order valence-corrected chi connectivity index (χ3v) is 6.56. The van der Waals surface area contributed by atoms with E-state index in [0.717, 1.165) is 6.42 Å². The van der Waals surface area contributed by atoms with Crippen LogP contribution in [0, 0.1) is 5.82 Å². The minimum Gasteiger partial charge on any atom is -0.490 e. The second kappa shape index (κ2) is 11.5. The Bertz CT molecular complexity index is 1120. The first-order valence-electron chi connectivity index (χ1n) is 12.3. The molecule has 4 rings (SSSR count). The normalized spacial score (nSPS) is 21.4. The number of ether oxygens (including phenoxy) is 2. The Morgan fingerprint density at radius 2 is 1.97 bits per heavy atom. The summed E-state index contributed by atoms with van der Waals surface area (Å²) in [6.45, 7) is 2.41. The quantitative estimate of drug-likeness (QED) is 0.609. The van der Waals surface area contributed by atoms with Gasteiger partial charge in [0.25, 0.3) is 5.91 Å². The van der Waals surface area contributed by atoms with Gasteiger partial charge < -0.3 is 25.0 Å². The lowest BCUT2D eigenvalue weighted by Crippen LogP contribution is -2.53. The maximum Gasteiger partial charge on any atom is 0.257 e. The summed E-state index contributed by atoms with van der Waals surface area (Å²) in [5.74, 6) is -0.400. The Kier molecular flexibility index (Phi) is 8.20. The van der Waals surface area contributed by atoms with Gasteiger partial charge in [0, 0.05) is 25.7 Å². The van der Waals surface area contributed by atoms with Gasteiger partial charge in [-0.1, -0.05) is 19.1 Å². The molecule has 192 valence electrons. The molecule has 3 amide bonds. The van der Waals surface area contributed by atoms with Gasteiger partial charge in [-0.3, -0.25) is 14.4 Å². The van der Waals surface area contributed by atoms with E-state index in [1.807, 2.05) is 6.92 Å². The zero-order valence-corrected chi connectivity index (χ0v) is 20.6. The molecule has 1 fully saturated rings. The molecule has 0 aliphatic carbocycles. The third kappa shape index (κ3) is 6.20. The number of amides is 3. The van der Waals surface area contributed by atoms with Crippen molar-refractivity contribution in [3.63, 3.8) is 0 Å². The van der Waals surface area contributed by atoms with Gasteiger partial charge in [0.1, 0.15) is 24.3 Å². The Morgan fingerprint density at radius 3 is 2.75 bits per heavy atom. The second-order valence-electron chi connectivity index (χ2n) is 9.29. The van der Waals surface area contributed by atoms with Crippen molar-refractivity contribution in [2.45, 2.75) is 63.8 Å². The van der Waals surface area contributed by atoms with E-state index in [-0.39, 0.29) is 61.4 Å². The number of carbonyl (C=O) groups is 3. The van der Waals surface area contributed by atoms with Gasteiger partial charge in [-0.15, -0.1) is 0 Å². The van der Waals surface area contributed by atoms with E-state index in [2.05, 4.69) is 10.6 Å². The molecule has 8 nitrogen and oxygen atoms in total. The molecule has 0 aromatic heterocycles. The van der Waals surface area contributed by atoms with Crippen LogP contribution >= 0.6 is 0 Å². The number of carbonyl (C=O) groups excluding carboxylic acids is 3. The average molecular weight is 498 g/mol. The largest absolute Gasteiger partial charge is 0.490 e.